The Labute approximate surface area is 290 Å². The number of aryl methyl sites for hydroxylation is 1. The molecular formula is C35H46N8O5S. The van der Waals surface area contributed by atoms with Gasteiger partial charge in [0.05, 0.1) is 34.6 Å². The van der Waals surface area contributed by atoms with Crippen molar-refractivity contribution < 1.29 is 24.2 Å². The van der Waals surface area contributed by atoms with E-state index in [9.17, 15) is 19.5 Å². The summed E-state index contributed by atoms with van der Waals surface area (Å²) in [6.07, 6.45) is 4.69. The van der Waals surface area contributed by atoms with Crippen molar-refractivity contribution in [3.63, 3.8) is 0 Å². The second-order valence-corrected chi connectivity index (χ2v) is 15.4. The highest BCUT2D eigenvalue weighted by atomic mass is 32.1. The highest BCUT2D eigenvalue weighted by molar-refractivity contribution is 7.13. The van der Waals surface area contributed by atoms with Crippen molar-refractivity contribution in [3.05, 3.63) is 53.4 Å². The van der Waals surface area contributed by atoms with E-state index in [-0.39, 0.29) is 32.0 Å². The Morgan fingerprint density at radius 3 is 2.43 bits per heavy atom. The Bertz CT molecular complexity index is 1630. The molecule has 4 N–H and O–H groups in total. The van der Waals surface area contributed by atoms with E-state index in [0.717, 1.165) is 60.7 Å². The van der Waals surface area contributed by atoms with Gasteiger partial charge in [-0.15, -0.1) is 11.3 Å². The van der Waals surface area contributed by atoms with E-state index in [4.69, 9.17) is 4.74 Å². The maximum atomic E-state index is 13.9. The third kappa shape index (κ3) is 8.03. The molecule has 1 aromatic carbocycles. The number of benzene rings is 1. The Morgan fingerprint density at radius 1 is 1.10 bits per heavy atom. The number of β-amino-alcohol motifs (C(OH)–C–C–N with tert-alkyl or cyclic N) is 1. The standard InChI is InChI=1S/C35H46N8O5S/c1-22-29(49-21-40-22)24-7-5-23(6-8-24)14-37-31(46)27-13-25(44)17-43(27)32(47)30(34(2,3)4)41-28(45)18-48-26-15-38-33(39-16-26)42-19-35(20-42)9-11-36-12-10-35/h5-8,15-16,21,25,27,30,36,44H,9-14,17-20H2,1-4H3,(H,37,46)(H,41,45)/t25-,27+,30-/m1/s1. The largest absolute Gasteiger partial charge is 0.481 e. The topological polar surface area (TPSA) is 162 Å². The Kier molecular flexibility index (Phi) is 10.2. The number of aliphatic hydroxyl groups excluding tert-OH is 1. The number of piperidine rings is 1. The van der Waals surface area contributed by atoms with Crippen LogP contribution >= 0.6 is 11.3 Å². The zero-order valence-corrected chi connectivity index (χ0v) is 29.4. The molecule has 2 aromatic heterocycles. The normalized spacial score (nSPS) is 20.8. The number of anilines is 1. The smallest absolute Gasteiger partial charge is 0.258 e. The number of carbonyl (C=O) groups excluding carboxylic acids is 3. The maximum Gasteiger partial charge on any atom is 0.258 e. The molecule has 262 valence electrons. The maximum absolute atomic E-state index is 13.9. The van der Waals surface area contributed by atoms with Crippen LogP contribution < -0.4 is 25.6 Å². The number of ether oxygens (including phenoxy) is 1. The van der Waals surface area contributed by atoms with E-state index in [0.29, 0.717) is 17.1 Å². The lowest BCUT2D eigenvalue weighted by atomic mass is 9.72. The van der Waals surface area contributed by atoms with Gasteiger partial charge in [-0.1, -0.05) is 45.0 Å². The predicted octanol–water partition coefficient (Wildman–Crippen LogP) is 2.29. The molecule has 0 bridgehead atoms. The van der Waals surface area contributed by atoms with Crippen molar-refractivity contribution in [2.24, 2.45) is 10.8 Å². The first-order valence-electron chi connectivity index (χ1n) is 16.9. The first kappa shape index (κ1) is 34.7. The summed E-state index contributed by atoms with van der Waals surface area (Å²) in [6, 6.07) is 6.06. The van der Waals surface area contributed by atoms with Gasteiger partial charge in [0.25, 0.3) is 5.91 Å². The summed E-state index contributed by atoms with van der Waals surface area (Å²) >= 11 is 1.58. The molecule has 49 heavy (non-hydrogen) atoms. The lowest BCUT2D eigenvalue weighted by Gasteiger charge is -2.52. The molecule has 0 unspecified atom stereocenters. The molecule has 0 saturated carbocycles. The monoisotopic (exact) mass is 690 g/mol. The summed E-state index contributed by atoms with van der Waals surface area (Å²) in [4.78, 5) is 58.1. The molecule has 3 aliphatic rings. The summed E-state index contributed by atoms with van der Waals surface area (Å²) in [7, 11) is 0. The number of thiazole rings is 1. The number of hydrogen-bond acceptors (Lipinski definition) is 11. The van der Waals surface area contributed by atoms with Crippen LogP contribution in [-0.4, -0.2) is 100 Å². The predicted molar refractivity (Wildman–Crippen MR) is 186 cm³/mol. The molecule has 14 heteroatoms. The number of carbonyl (C=O) groups is 3. The molecule has 5 heterocycles. The minimum atomic E-state index is -0.959. The number of hydrogen-bond donors (Lipinski definition) is 4. The average Bonchev–Trinajstić information content (AvgIpc) is 3.69. The zero-order valence-electron chi connectivity index (χ0n) is 28.6. The van der Waals surface area contributed by atoms with Crippen LogP contribution in [0.25, 0.3) is 10.4 Å². The van der Waals surface area contributed by atoms with E-state index >= 15 is 0 Å². The zero-order chi connectivity index (χ0) is 34.8. The van der Waals surface area contributed by atoms with Crippen molar-refractivity contribution in [1.82, 2.24) is 35.8 Å². The van der Waals surface area contributed by atoms with Crippen molar-refractivity contribution in [2.75, 3.05) is 44.2 Å². The third-order valence-electron chi connectivity index (χ3n) is 9.70. The fraction of sp³-hybridized carbons (Fsp3) is 0.543. The van der Waals surface area contributed by atoms with Gasteiger partial charge in [0.15, 0.2) is 12.4 Å². The second kappa shape index (κ2) is 14.4. The van der Waals surface area contributed by atoms with E-state index in [1.54, 1.807) is 23.7 Å². The second-order valence-electron chi connectivity index (χ2n) is 14.6. The minimum Gasteiger partial charge on any atom is -0.481 e. The van der Waals surface area contributed by atoms with Gasteiger partial charge < -0.3 is 35.6 Å². The van der Waals surface area contributed by atoms with Crippen LogP contribution in [0.3, 0.4) is 0 Å². The molecule has 3 amide bonds. The van der Waals surface area contributed by atoms with E-state index in [2.05, 4.69) is 35.8 Å². The molecule has 3 fully saturated rings. The van der Waals surface area contributed by atoms with Gasteiger partial charge in [-0.3, -0.25) is 14.4 Å². The van der Waals surface area contributed by atoms with Gasteiger partial charge in [-0.25, -0.2) is 15.0 Å². The fourth-order valence-corrected chi connectivity index (χ4v) is 7.67. The van der Waals surface area contributed by atoms with Gasteiger partial charge >= 0.3 is 0 Å². The van der Waals surface area contributed by atoms with Crippen LogP contribution in [0.2, 0.25) is 0 Å². The minimum absolute atomic E-state index is 0.00250. The fourth-order valence-electron chi connectivity index (χ4n) is 6.86. The highest BCUT2D eigenvalue weighted by Gasteiger charge is 2.45. The summed E-state index contributed by atoms with van der Waals surface area (Å²) in [5, 5.41) is 19.7. The number of nitrogens with zero attached hydrogens (tertiary/aromatic N) is 5. The summed E-state index contributed by atoms with van der Waals surface area (Å²) in [5.41, 5.74) is 4.42. The average molecular weight is 691 g/mol. The van der Waals surface area contributed by atoms with E-state index in [1.807, 2.05) is 57.5 Å². The summed E-state index contributed by atoms with van der Waals surface area (Å²) < 4.78 is 5.67. The molecule has 3 atom stereocenters. The molecular weight excluding hydrogens is 645 g/mol. The Morgan fingerprint density at radius 2 is 1.80 bits per heavy atom. The van der Waals surface area contributed by atoms with Crippen molar-refractivity contribution >= 4 is 35.0 Å². The van der Waals surface area contributed by atoms with E-state index in [1.165, 1.54) is 4.90 Å². The number of aliphatic hydroxyl groups is 1. The Hall–Kier alpha value is -4.14. The van der Waals surface area contributed by atoms with Gasteiger partial charge in [0, 0.05) is 38.0 Å². The molecule has 0 aliphatic carbocycles. The Balaban J connectivity index is 1.01. The van der Waals surface area contributed by atoms with Crippen molar-refractivity contribution in [3.8, 4) is 16.2 Å². The quantitative estimate of drug-likeness (QED) is 0.249. The summed E-state index contributed by atoms with van der Waals surface area (Å²) in [5.74, 6) is -0.295. The summed E-state index contributed by atoms with van der Waals surface area (Å²) in [6.45, 7) is 11.4. The number of amides is 3. The lowest BCUT2D eigenvalue weighted by Crippen LogP contribution is -2.60. The molecule has 3 aromatic rings. The third-order valence-corrected chi connectivity index (χ3v) is 10.7. The SMILES string of the molecule is Cc1ncsc1-c1ccc(CNC(=O)[C@@H]2C[C@@H](O)CN2C(=O)[C@@H](NC(=O)COc2cnc(N3CC4(CCNCC4)C3)nc2)C(C)(C)C)cc1. The van der Waals surface area contributed by atoms with Crippen LogP contribution in [-0.2, 0) is 20.9 Å². The van der Waals surface area contributed by atoms with Crippen LogP contribution in [0.4, 0.5) is 5.95 Å². The molecule has 13 nitrogen and oxygen atoms in total. The van der Waals surface area contributed by atoms with Crippen LogP contribution in [0, 0.1) is 17.8 Å². The van der Waals surface area contributed by atoms with Crippen LogP contribution in [0.1, 0.15) is 51.3 Å². The van der Waals surface area contributed by atoms with Gasteiger partial charge in [0.2, 0.25) is 17.8 Å². The molecule has 6 rings (SSSR count). The van der Waals surface area contributed by atoms with E-state index < -0.39 is 35.4 Å². The number of nitrogens with one attached hydrogen (secondary N) is 3. The molecule has 0 radical (unpaired) electrons. The van der Waals surface area contributed by atoms with Crippen LogP contribution in [0.5, 0.6) is 5.75 Å². The van der Waals surface area contributed by atoms with Crippen LogP contribution in [0.15, 0.2) is 42.2 Å². The van der Waals surface area contributed by atoms with Crippen molar-refractivity contribution in [2.45, 2.75) is 71.7 Å². The van der Waals surface area contributed by atoms with Gasteiger partial charge in [-0.05, 0) is 49.4 Å². The highest BCUT2D eigenvalue weighted by Crippen LogP contribution is 2.40. The van der Waals surface area contributed by atoms with Crippen molar-refractivity contribution in [1.29, 1.82) is 0 Å². The molecule has 1 spiro atoms. The first-order valence-corrected chi connectivity index (χ1v) is 17.7. The number of rotatable bonds is 10. The van der Waals surface area contributed by atoms with Gasteiger partial charge in [-0.2, -0.15) is 0 Å². The molecule has 3 saturated heterocycles. The first-order chi connectivity index (χ1) is 23.4. The lowest BCUT2D eigenvalue weighted by molar-refractivity contribution is -0.144. The number of aromatic nitrogens is 3. The molecule has 3 aliphatic heterocycles. The number of likely N-dealkylation sites (tertiary alicyclic amines) is 1. The van der Waals surface area contributed by atoms with Gasteiger partial charge in [0.1, 0.15) is 12.1 Å².